The Morgan fingerprint density at radius 3 is 2.81 bits per heavy atom. The van der Waals surface area contributed by atoms with Gasteiger partial charge in [0.25, 0.3) is 0 Å². The topological polar surface area (TPSA) is 69.0 Å². The molecule has 1 N–H and O–H groups in total. The summed E-state index contributed by atoms with van der Waals surface area (Å²) in [6.45, 7) is 8.80. The van der Waals surface area contributed by atoms with Gasteiger partial charge in [0.05, 0.1) is 10.8 Å². The number of ether oxygens (including phenoxy) is 1. The van der Waals surface area contributed by atoms with Crippen LogP contribution in [0, 0.1) is 6.92 Å². The van der Waals surface area contributed by atoms with Gasteiger partial charge in [-0.3, -0.25) is 9.36 Å². The van der Waals surface area contributed by atoms with Crippen LogP contribution in [0.4, 0.5) is 0 Å². The highest BCUT2D eigenvalue weighted by Gasteiger charge is 2.20. The summed E-state index contributed by atoms with van der Waals surface area (Å²) in [5.41, 5.74) is 2.25. The van der Waals surface area contributed by atoms with Gasteiger partial charge in [-0.2, -0.15) is 0 Å². The first-order valence-electron chi connectivity index (χ1n) is 10.4. The minimum Gasteiger partial charge on any atom is -0.481 e. The SMILES string of the molecule is C=CCn1c(SCC(=O)NCCc2ccccc2)nnc1C(C)Oc1cc(C)ccc1Cl. The van der Waals surface area contributed by atoms with Crippen LogP contribution in [0.5, 0.6) is 5.75 Å². The summed E-state index contributed by atoms with van der Waals surface area (Å²) in [5, 5.41) is 12.7. The van der Waals surface area contributed by atoms with Crippen molar-refractivity contribution in [3.63, 3.8) is 0 Å². The largest absolute Gasteiger partial charge is 0.481 e. The first kappa shape index (κ1) is 23.9. The third kappa shape index (κ3) is 6.61. The molecule has 0 saturated carbocycles. The fourth-order valence-electron chi connectivity index (χ4n) is 3.12. The summed E-state index contributed by atoms with van der Waals surface area (Å²) >= 11 is 7.61. The maximum absolute atomic E-state index is 12.3. The summed E-state index contributed by atoms with van der Waals surface area (Å²) in [7, 11) is 0. The Balaban J connectivity index is 1.59. The fraction of sp³-hybridized carbons (Fsp3) is 0.292. The number of nitrogens with zero attached hydrogens (tertiary/aromatic N) is 3. The van der Waals surface area contributed by atoms with Gasteiger partial charge in [-0.25, -0.2) is 0 Å². The summed E-state index contributed by atoms with van der Waals surface area (Å²) in [6.07, 6.45) is 2.18. The molecule has 8 heteroatoms. The van der Waals surface area contributed by atoms with E-state index in [4.69, 9.17) is 16.3 Å². The number of amides is 1. The van der Waals surface area contributed by atoms with E-state index in [0.29, 0.717) is 34.8 Å². The van der Waals surface area contributed by atoms with Crippen LogP contribution in [0.1, 0.15) is 30.0 Å². The highest BCUT2D eigenvalue weighted by atomic mass is 35.5. The monoisotopic (exact) mass is 470 g/mol. The van der Waals surface area contributed by atoms with Gasteiger partial charge >= 0.3 is 0 Å². The van der Waals surface area contributed by atoms with Gasteiger partial charge in [0.1, 0.15) is 5.75 Å². The van der Waals surface area contributed by atoms with Crippen LogP contribution >= 0.6 is 23.4 Å². The number of carbonyl (C=O) groups excluding carboxylic acids is 1. The molecule has 0 aliphatic carbocycles. The number of hydrogen-bond donors (Lipinski definition) is 1. The standard InChI is InChI=1S/C24H27ClN4O2S/c1-4-14-29-23(18(3)31-21-15-17(2)10-11-20(21)25)27-28-24(29)32-16-22(30)26-13-12-19-8-6-5-7-9-19/h4-11,15,18H,1,12-14,16H2,2-3H3,(H,26,30). The van der Waals surface area contributed by atoms with Gasteiger partial charge in [0.15, 0.2) is 17.1 Å². The van der Waals surface area contributed by atoms with Gasteiger partial charge in [0, 0.05) is 13.1 Å². The molecule has 0 aliphatic rings. The molecule has 1 aromatic heterocycles. The summed E-state index contributed by atoms with van der Waals surface area (Å²) in [6, 6.07) is 15.7. The van der Waals surface area contributed by atoms with E-state index >= 15 is 0 Å². The van der Waals surface area contributed by atoms with Crippen molar-refractivity contribution in [2.45, 2.75) is 38.1 Å². The van der Waals surface area contributed by atoms with E-state index in [9.17, 15) is 4.79 Å². The molecule has 0 aliphatic heterocycles. The molecule has 1 unspecified atom stereocenters. The van der Waals surface area contributed by atoms with Crippen LogP contribution in [0.2, 0.25) is 5.02 Å². The zero-order valence-electron chi connectivity index (χ0n) is 18.3. The zero-order valence-corrected chi connectivity index (χ0v) is 19.8. The molecule has 0 saturated heterocycles. The third-order valence-electron chi connectivity index (χ3n) is 4.72. The maximum Gasteiger partial charge on any atom is 0.230 e. The lowest BCUT2D eigenvalue weighted by Crippen LogP contribution is -2.27. The molecule has 0 radical (unpaired) electrons. The molecule has 32 heavy (non-hydrogen) atoms. The highest BCUT2D eigenvalue weighted by molar-refractivity contribution is 7.99. The quantitative estimate of drug-likeness (QED) is 0.315. The molecule has 3 rings (SSSR count). The average molecular weight is 471 g/mol. The van der Waals surface area contributed by atoms with Crippen LogP contribution in [0.15, 0.2) is 66.3 Å². The van der Waals surface area contributed by atoms with Crippen molar-refractivity contribution in [1.82, 2.24) is 20.1 Å². The Kier molecular flexibility index (Phi) is 8.76. The first-order valence-corrected chi connectivity index (χ1v) is 11.7. The van der Waals surface area contributed by atoms with Gasteiger partial charge < -0.3 is 10.1 Å². The Bertz CT molecular complexity index is 1060. The molecular formula is C24H27ClN4O2S. The van der Waals surface area contributed by atoms with E-state index in [-0.39, 0.29) is 17.8 Å². The molecule has 0 fully saturated rings. The Morgan fingerprint density at radius 1 is 1.28 bits per heavy atom. The second-order valence-corrected chi connectivity index (χ2v) is 8.66. The molecule has 1 heterocycles. The Hall–Kier alpha value is -2.77. The smallest absolute Gasteiger partial charge is 0.230 e. The van der Waals surface area contributed by atoms with Crippen molar-refractivity contribution >= 4 is 29.3 Å². The van der Waals surface area contributed by atoms with Crippen molar-refractivity contribution in [3.8, 4) is 5.75 Å². The third-order valence-corrected chi connectivity index (χ3v) is 6.00. The summed E-state index contributed by atoms with van der Waals surface area (Å²) < 4.78 is 7.96. The van der Waals surface area contributed by atoms with E-state index in [1.54, 1.807) is 6.08 Å². The van der Waals surface area contributed by atoms with Crippen molar-refractivity contribution in [2.75, 3.05) is 12.3 Å². The van der Waals surface area contributed by atoms with Crippen LogP contribution in [-0.4, -0.2) is 33.0 Å². The maximum atomic E-state index is 12.3. The van der Waals surface area contributed by atoms with Crippen LogP contribution in [0.25, 0.3) is 0 Å². The minimum absolute atomic E-state index is 0.0449. The van der Waals surface area contributed by atoms with Crippen LogP contribution < -0.4 is 10.1 Å². The average Bonchev–Trinajstić information content (AvgIpc) is 3.18. The molecule has 0 bridgehead atoms. The van der Waals surface area contributed by atoms with Gasteiger partial charge in [-0.15, -0.1) is 16.8 Å². The van der Waals surface area contributed by atoms with Crippen molar-refractivity contribution in [1.29, 1.82) is 0 Å². The molecule has 1 atom stereocenters. The lowest BCUT2D eigenvalue weighted by molar-refractivity contribution is -0.118. The van der Waals surface area contributed by atoms with Gasteiger partial charge in [-0.1, -0.05) is 65.8 Å². The summed E-state index contributed by atoms with van der Waals surface area (Å²) in [4.78, 5) is 12.3. The number of hydrogen-bond acceptors (Lipinski definition) is 5. The Morgan fingerprint density at radius 2 is 2.06 bits per heavy atom. The Labute approximate surface area is 198 Å². The molecule has 6 nitrogen and oxygen atoms in total. The highest BCUT2D eigenvalue weighted by Crippen LogP contribution is 2.30. The second kappa shape index (κ2) is 11.7. The van der Waals surface area contributed by atoms with E-state index < -0.39 is 0 Å². The number of aromatic nitrogens is 3. The number of rotatable bonds is 11. The van der Waals surface area contributed by atoms with E-state index in [1.165, 1.54) is 17.3 Å². The molecule has 3 aromatic rings. The minimum atomic E-state index is -0.379. The normalized spacial score (nSPS) is 11.7. The summed E-state index contributed by atoms with van der Waals surface area (Å²) in [5.74, 6) is 1.45. The lowest BCUT2D eigenvalue weighted by Gasteiger charge is -2.17. The van der Waals surface area contributed by atoms with E-state index in [0.717, 1.165) is 12.0 Å². The number of benzene rings is 2. The van der Waals surface area contributed by atoms with Crippen LogP contribution in [-0.2, 0) is 17.8 Å². The van der Waals surface area contributed by atoms with Gasteiger partial charge in [0.2, 0.25) is 5.91 Å². The van der Waals surface area contributed by atoms with Crippen molar-refractivity contribution in [2.24, 2.45) is 0 Å². The number of aryl methyl sites for hydroxylation is 1. The number of carbonyl (C=O) groups is 1. The molecule has 2 aromatic carbocycles. The number of thioether (sulfide) groups is 1. The predicted molar refractivity (Wildman–Crippen MR) is 129 cm³/mol. The second-order valence-electron chi connectivity index (χ2n) is 7.31. The number of halogens is 1. The first-order chi connectivity index (χ1) is 15.5. The van der Waals surface area contributed by atoms with Crippen molar-refractivity contribution in [3.05, 3.63) is 83.2 Å². The number of allylic oxidation sites excluding steroid dienone is 1. The zero-order chi connectivity index (χ0) is 22.9. The lowest BCUT2D eigenvalue weighted by atomic mass is 10.1. The molecule has 0 spiro atoms. The molecule has 1 amide bonds. The van der Waals surface area contributed by atoms with Gasteiger partial charge in [-0.05, 0) is 43.5 Å². The predicted octanol–water partition coefficient (Wildman–Crippen LogP) is 5.02. The fourth-order valence-corrected chi connectivity index (χ4v) is 4.07. The number of nitrogens with one attached hydrogen (secondary N) is 1. The van der Waals surface area contributed by atoms with E-state index in [1.807, 2.05) is 66.9 Å². The molecule has 168 valence electrons. The van der Waals surface area contributed by atoms with Crippen molar-refractivity contribution < 1.29 is 9.53 Å². The van der Waals surface area contributed by atoms with Crippen LogP contribution in [0.3, 0.4) is 0 Å². The molecular weight excluding hydrogens is 444 g/mol. The van der Waals surface area contributed by atoms with E-state index in [2.05, 4.69) is 22.1 Å².